The Bertz CT molecular complexity index is 1100. The number of carbonyl (C=O) groups excluding carboxylic acids is 1. The summed E-state index contributed by atoms with van der Waals surface area (Å²) in [5, 5.41) is 12.5. The summed E-state index contributed by atoms with van der Waals surface area (Å²) in [5.41, 5.74) is 1.98. The molecule has 30 heavy (non-hydrogen) atoms. The molecular formula is C21H18ClN5O2S. The Hall–Kier alpha value is -3.10. The molecule has 0 spiro atoms. The zero-order chi connectivity index (χ0) is 20.8. The monoisotopic (exact) mass is 439 g/mol. The highest BCUT2D eigenvalue weighted by Crippen LogP contribution is 2.25. The summed E-state index contributed by atoms with van der Waals surface area (Å²) >= 11 is 7.11. The van der Waals surface area contributed by atoms with Crippen molar-refractivity contribution in [2.45, 2.75) is 18.2 Å². The standard InChI is InChI=1S/C21H18ClN5O2S/c22-18-9-8-16(11-23-18)12-24-19(28)14-30-21-26-25-20(17-7-4-10-29-17)27(21)13-15-5-2-1-3-6-15/h1-11H,12-14H2,(H,24,28). The number of rotatable bonds is 8. The van der Waals surface area contributed by atoms with E-state index in [0.29, 0.717) is 35.0 Å². The van der Waals surface area contributed by atoms with Crippen molar-refractivity contribution in [2.24, 2.45) is 0 Å². The number of pyridine rings is 1. The molecule has 0 bridgehead atoms. The van der Waals surface area contributed by atoms with E-state index in [1.807, 2.05) is 53.1 Å². The highest BCUT2D eigenvalue weighted by molar-refractivity contribution is 7.99. The first-order valence-electron chi connectivity index (χ1n) is 9.20. The number of furan rings is 1. The first-order valence-corrected chi connectivity index (χ1v) is 10.6. The maximum Gasteiger partial charge on any atom is 0.230 e. The second kappa shape index (κ2) is 9.60. The van der Waals surface area contributed by atoms with E-state index in [-0.39, 0.29) is 11.7 Å². The van der Waals surface area contributed by atoms with E-state index in [0.717, 1.165) is 11.1 Å². The number of aromatic nitrogens is 4. The smallest absolute Gasteiger partial charge is 0.230 e. The molecule has 7 nitrogen and oxygen atoms in total. The predicted octanol–water partition coefficient (Wildman–Crippen LogP) is 4.04. The van der Waals surface area contributed by atoms with Crippen LogP contribution < -0.4 is 5.32 Å². The van der Waals surface area contributed by atoms with Crippen molar-refractivity contribution < 1.29 is 9.21 Å². The fourth-order valence-corrected chi connectivity index (χ4v) is 3.66. The van der Waals surface area contributed by atoms with Gasteiger partial charge in [0.2, 0.25) is 11.7 Å². The van der Waals surface area contributed by atoms with Crippen LogP contribution in [0.4, 0.5) is 0 Å². The fourth-order valence-electron chi connectivity index (χ4n) is 2.78. The maximum absolute atomic E-state index is 12.3. The Morgan fingerprint density at radius 2 is 1.93 bits per heavy atom. The SMILES string of the molecule is O=C(CSc1nnc(-c2ccco2)n1Cc1ccccc1)NCc1ccc(Cl)nc1. The van der Waals surface area contributed by atoms with Crippen LogP contribution in [0.25, 0.3) is 11.6 Å². The molecule has 1 N–H and O–H groups in total. The Balaban J connectivity index is 1.44. The van der Waals surface area contributed by atoms with Crippen molar-refractivity contribution in [2.75, 3.05) is 5.75 Å². The van der Waals surface area contributed by atoms with Gasteiger partial charge in [-0.3, -0.25) is 9.36 Å². The van der Waals surface area contributed by atoms with E-state index in [1.165, 1.54) is 11.8 Å². The number of amides is 1. The normalized spacial score (nSPS) is 10.8. The minimum Gasteiger partial charge on any atom is -0.461 e. The van der Waals surface area contributed by atoms with Crippen molar-refractivity contribution in [3.63, 3.8) is 0 Å². The van der Waals surface area contributed by atoms with Crippen LogP contribution in [0.1, 0.15) is 11.1 Å². The summed E-state index contributed by atoms with van der Waals surface area (Å²) in [7, 11) is 0. The van der Waals surface area contributed by atoms with Gasteiger partial charge in [0, 0.05) is 12.7 Å². The quantitative estimate of drug-likeness (QED) is 0.329. The molecule has 1 amide bonds. The van der Waals surface area contributed by atoms with Gasteiger partial charge in [0.15, 0.2) is 10.9 Å². The molecule has 0 radical (unpaired) electrons. The molecule has 3 heterocycles. The minimum atomic E-state index is -0.108. The fraction of sp³-hybridized carbons (Fsp3) is 0.143. The van der Waals surface area contributed by atoms with Gasteiger partial charge in [-0.15, -0.1) is 10.2 Å². The van der Waals surface area contributed by atoms with Crippen LogP contribution in [0.15, 0.2) is 76.6 Å². The summed E-state index contributed by atoms with van der Waals surface area (Å²) in [5.74, 6) is 1.36. The van der Waals surface area contributed by atoms with Crippen LogP contribution in [0, 0.1) is 0 Å². The summed E-state index contributed by atoms with van der Waals surface area (Å²) in [6, 6.07) is 17.2. The molecule has 1 aromatic carbocycles. The second-order valence-corrected chi connectivity index (χ2v) is 7.74. The number of halogens is 1. The topological polar surface area (TPSA) is 85.8 Å². The van der Waals surface area contributed by atoms with Gasteiger partial charge in [-0.2, -0.15) is 0 Å². The van der Waals surface area contributed by atoms with E-state index in [2.05, 4.69) is 20.5 Å². The lowest BCUT2D eigenvalue weighted by atomic mass is 10.2. The molecule has 4 rings (SSSR count). The summed E-state index contributed by atoms with van der Waals surface area (Å²) in [6.07, 6.45) is 3.24. The van der Waals surface area contributed by atoms with Crippen molar-refractivity contribution in [3.8, 4) is 11.6 Å². The molecule has 0 atom stereocenters. The summed E-state index contributed by atoms with van der Waals surface area (Å²) in [6.45, 7) is 0.960. The Morgan fingerprint density at radius 3 is 2.67 bits per heavy atom. The summed E-state index contributed by atoms with van der Waals surface area (Å²) < 4.78 is 7.46. The number of hydrogen-bond donors (Lipinski definition) is 1. The predicted molar refractivity (Wildman–Crippen MR) is 115 cm³/mol. The molecule has 0 unspecified atom stereocenters. The molecule has 0 aliphatic carbocycles. The number of carbonyl (C=O) groups is 1. The first-order chi connectivity index (χ1) is 14.7. The molecular weight excluding hydrogens is 422 g/mol. The lowest BCUT2D eigenvalue weighted by Crippen LogP contribution is -2.24. The van der Waals surface area contributed by atoms with Crippen LogP contribution in [0.5, 0.6) is 0 Å². The third-order valence-corrected chi connectivity index (χ3v) is 5.44. The molecule has 0 saturated carbocycles. The molecule has 0 fully saturated rings. The molecule has 0 aliphatic rings. The third-order valence-electron chi connectivity index (χ3n) is 4.25. The van der Waals surface area contributed by atoms with Crippen LogP contribution in [-0.4, -0.2) is 31.4 Å². The number of nitrogens with one attached hydrogen (secondary N) is 1. The lowest BCUT2D eigenvalue weighted by Gasteiger charge is -2.09. The van der Waals surface area contributed by atoms with E-state index in [9.17, 15) is 4.79 Å². The van der Waals surface area contributed by atoms with Crippen molar-refractivity contribution in [1.29, 1.82) is 0 Å². The van der Waals surface area contributed by atoms with E-state index >= 15 is 0 Å². The van der Waals surface area contributed by atoms with Gasteiger partial charge in [0.1, 0.15) is 5.15 Å². The maximum atomic E-state index is 12.3. The van der Waals surface area contributed by atoms with Crippen LogP contribution in [0.3, 0.4) is 0 Å². The van der Waals surface area contributed by atoms with Crippen molar-refractivity contribution >= 4 is 29.3 Å². The molecule has 152 valence electrons. The minimum absolute atomic E-state index is 0.108. The number of nitrogens with zero attached hydrogens (tertiary/aromatic N) is 4. The lowest BCUT2D eigenvalue weighted by molar-refractivity contribution is -0.118. The number of hydrogen-bond acceptors (Lipinski definition) is 6. The zero-order valence-corrected chi connectivity index (χ0v) is 17.4. The summed E-state index contributed by atoms with van der Waals surface area (Å²) in [4.78, 5) is 16.3. The van der Waals surface area contributed by atoms with Crippen molar-refractivity contribution in [3.05, 3.63) is 83.3 Å². The zero-order valence-electron chi connectivity index (χ0n) is 15.9. The molecule has 4 aromatic rings. The van der Waals surface area contributed by atoms with E-state index in [4.69, 9.17) is 16.0 Å². The van der Waals surface area contributed by atoms with E-state index < -0.39 is 0 Å². The van der Waals surface area contributed by atoms with Crippen LogP contribution >= 0.6 is 23.4 Å². The van der Waals surface area contributed by atoms with Gasteiger partial charge >= 0.3 is 0 Å². The number of benzene rings is 1. The Morgan fingerprint density at radius 1 is 1.07 bits per heavy atom. The molecule has 0 aliphatic heterocycles. The molecule has 9 heteroatoms. The highest BCUT2D eigenvalue weighted by Gasteiger charge is 2.17. The average Bonchev–Trinajstić information content (AvgIpc) is 3.43. The van der Waals surface area contributed by atoms with Crippen LogP contribution in [0.2, 0.25) is 5.15 Å². The second-order valence-electron chi connectivity index (χ2n) is 6.41. The number of thioether (sulfide) groups is 1. The Kier molecular flexibility index (Phi) is 6.46. The van der Waals surface area contributed by atoms with E-state index in [1.54, 1.807) is 18.5 Å². The third kappa shape index (κ3) is 5.08. The van der Waals surface area contributed by atoms with Crippen molar-refractivity contribution in [1.82, 2.24) is 25.1 Å². The highest BCUT2D eigenvalue weighted by atomic mass is 35.5. The van der Waals surface area contributed by atoms with Gasteiger partial charge in [-0.1, -0.05) is 59.8 Å². The Labute approximate surface area is 182 Å². The van der Waals surface area contributed by atoms with Gasteiger partial charge in [0.25, 0.3) is 0 Å². The largest absolute Gasteiger partial charge is 0.461 e. The van der Waals surface area contributed by atoms with Gasteiger partial charge in [0.05, 0.1) is 18.6 Å². The van der Waals surface area contributed by atoms with Gasteiger partial charge in [-0.05, 0) is 29.3 Å². The molecule has 0 saturated heterocycles. The first kappa shape index (κ1) is 20.2. The average molecular weight is 440 g/mol. The van der Waals surface area contributed by atoms with Gasteiger partial charge in [-0.25, -0.2) is 4.98 Å². The van der Waals surface area contributed by atoms with Gasteiger partial charge < -0.3 is 9.73 Å². The van der Waals surface area contributed by atoms with Crippen LogP contribution in [-0.2, 0) is 17.9 Å². The molecule has 3 aromatic heterocycles.